The van der Waals surface area contributed by atoms with Crippen LogP contribution in [0.25, 0.3) is 5.57 Å². The number of anilines is 1. The van der Waals surface area contributed by atoms with Gasteiger partial charge in [0, 0.05) is 38.1 Å². The van der Waals surface area contributed by atoms with Gasteiger partial charge in [0.1, 0.15) is 5.70 Å². The van der Waals surface area contributed by atoms with Crippen LogP contribution in [0.1, 0.15) is 23.1 Å². The summed E-state index contributed by atoms with van der Waals surface area (Å²) in [4.78, 5) is 37.9. The van der Waals surface area contributed by atoms with E-state index in [0.29, 0.717) is 18.6 Å². The molecule has 0 bridgehead atoms. The van der Waals surface area contributed by atoms with Gasteiger partial charge in [-0.15, -0.1) is 0 Å². The zero-order valence-electron chi connectivity index (χ0n) is 17.1. The maximum atomic E-state index is 13.1. The Morgan fingerprint density at radius 1 is 1.07 bits per heavy atom. The molecule has 0 saturated carbocycles. The van der Waals surface area contributed by atoms with Crippen molar-refractivity contribution in [3.63, 3.8) is 0 Å². The molecule has 0 fully saturated rings. The van der Waals surface area contributed by atoms with Crippen LogP contribution in [0.5, 0.6) is 0 Å². The van der Waals surface area contributed by atoms with E-state index in [9.17, 15) is 19.7 Å². The van der Waals surface area contributed by atoms with Crippen molar-refractivity contribution in [2.75, 3.05) is 25.6 Å². The number of rotatable bonds is 8. The van der Waals surface area contributed by atoms with Crippen molar-refractivity contribution in [1.82, 2.24) is 4.90 Å². The minimum atomic E-state index is -0.508. The summed E-state index contributed by atoms with van der Waals surface area (Å²) in [5, 5.41) is 14.1. The Morgan fingerprint density at radius 2 is 1.77 bits per heavy atom. The molecule has 2 aromatic rings. The summed E-state index contributed by atoms with van der Waals surface area (Å²) in [7, 11) is 1.56. The van der Waals surface area contributed by atoms with Crippen molar-refractivity contribution < 1.29 is 19.2 Å². The summed E-state index contributed by atoms with van der Waals surface area (Å²) in [6.07, 6.45) is 0.512. The van der Waals surface area contributed by atoms with E-state index in [2.05, 4.69) is 5.32 Å². The van der Waals surface area contributed by atoms with E-state index in [1.807, 2.05) is 32.0 Å². The SMILES string of the molecule is COCCCN1C(=O)C(Nc2cccc(C)c2C)=C(c2ccc([N+](=O)[O-])cc2)C1=O. The Labute approximate surface area is 174 Å². The molecule has 156 valence electrons. The molecule has 0 aliphatic carbocycles. The van der Waals surface area contributed by atoms with Gasteiger partial charge in [-0.3, -0.25) is 24.6 Å². The van der Waals surface area contributed by atoms with Gasteiger partial charge in [-0.2, -0.15) is 0 Å². The number of nitro groups is 1. The fourth-order valence-corrected chi connectivity index (χ4v) is 3.30. The third-order valence-electron chi connectivity index (χ3n) is 5.13. The zero-order chi connectivity index (χ0) is 21.8. The van der Waals surface area contributed by atoms with Crippen LogP contribution in [0.2, 0.25) is 0 Å². The molecular weight excluding hydrogens is 386 g/mol. The van der Waals surface area contributed by atoms with Crippen molar-refractivity contribution in [1.29, 1.82) is 0 Å². The number of nitro benzene ring substituents is 1. The normalized spacial score (nSPS) is 13.9. The summed E-state index contributed by atoms with van der Waals surface area (Å²) in [6.45, 7) is 4.54. The fraction of sp³-hybridized carbons (Fsp3) is 0.273. The van der Waals surface area contributed by atoms with E-state index < -0.39 is 16.7 Å². The van der Waals surface area contributed by atoms with Gasteiger partial charge in [0.2, 0.25) is 0 Å². The van der Waals surface area contributed by atoms with Gasteiger partial charge in [0.05, 0.1) is 10.5 Å². The second-order valence-electron chi connectivity index (χ2n) is 7.03. The maximum Gasteiger partial charge on any atom is 0.278 e. The van der Waals surface area contributed by atoms with Gasteiger partial charge in [-0.25, -0.2) is 0 Å². The molecule has 2 amide bonds. The summed E-state index contributed by atoms with van der Waals surface area (Å²) in [6, 6.07) is 11.3. The van der Waals surface area contributed by atoms with Gasteiger partial charge in [-0.1, -0.05) is 12.1 Å². The van der Waals surface area contributed by atoms with Crippen LogP contribution in [0.15, 0.2) is 48.2 Å². The number of carbonyl (C=O) groups excluding carboxylic acids is 2. The summed E-state index contributed by atoms with van der Waals surface area (Å²) >= 11 is 0. The molecule has 30 heavy (non-hydrogen) atoms. The number of hydrogen-bond acceptors (Lipinski definition) is 6. The largest absolute Gasteiger partial charge is 0.385 e. The van der Waals surface area contributed by atoms with Crippen LogP contribution in [0, 0.1) is 24.0 Å². The van der Waals surface area contributed by atoms with Crippen LogP contribution >= 0.6 is 0 Å². The van der Waals surface area contributed by atoms with Gasteiger partial charge >= 0.3 is 0 Å². The monoisotopic (exact) mass is 409 g/mol. The lowest BCUT2D eigenvalue weighted by Gasteiger charge is -2.15. The van der Waals surface area contributed by atoms with E-state index in [1.54, 1.807) is 7.11 Å². The molecule has 8 nitrogen and oxygen atoms in total. The zero-order valence-corrected chi connectivity index (χ0v) is 17.1. The van der Waals surface area contributed by atoms with Crippen LogP contribution in [-0.4, -0.2) is 41.9 Å². The molecule has 0 unspecified atom stereocenters. The van der Waals surface area contributed by atoms with Crippen LogP contribution in [-0.2, 0) is 14.3 Å². The number of nitrogens with zero attached hydrogens (tertiary/aromatic N) is 2. The predicted molar refractivity (Wildman–Crippen MR) is 113 cm³/mol. The number of methoxy groups -OCH3 is 1. The van der Waals surface area contributed by atoms with E-state index in [-0.39, 0.29) is 23.5 Å². The van der Waals surface area contributed by atoms with Crippen molar-refractivity contribution in [2.24, 2.45) is 0 Å². The highest BCUT2D eigenvalue weighted by atomic mass is 16.6. The summed E-state index contributed by atoms with van der Waals surface area (Å²) in [5.41, 5.74) is 3.47. The van der Waals surface area contributed by atoms with E-state index in [1.165, 1.54) is 29.2 Å². The first kappa shape index (κ1) is 21.2. The number of non-ortho nitro benzene ring substituents is 1. The Bertz CT molecular complexity index is 1030. The number of imide groups is 1. The number of carbonyl (C=O) groups is 2. The third-order valence-corrected chi connectivity index (χ3v) is 5.13. The Morgan fingerprint density at radius 3 is 2.40 bits per heavy atom. The van der Waals surface area contributed by atoms with Gasteiger partial charge in [0.25, 0.3) is 17.5 Å². The van der Waals surface area contributed by atoms with Crippen LogP contribution in [0.3, 0.4) is 0 Å². The third kappa shape index (κ3) is 4.08. The highest BCUT2D eigenvalue weighted by molar-refractivity contribution is 6.36. The highest BCUT2D eigenvalue weighted by Crippen LogP contribution is 2.32. The summed E-state index contributed by atoms with van der Waals surface area (Å²) < 4.78 is 5.03. The topological polar surface area (TPSA) is 102 Å². The quantitative estimate of drug-likeness (QED) is 0.310. The fourth-order valence-electron chi connectivity index (χ4n) is 3.30. The minimum Gasteiger partial charge on any atom is -0.385 e. The Kier molecular flexibility index (Phi) is 6.27. The van der Waals surface area contributed by atoms with E-state index in [4.69, 9.17) is 4.74 Å². The molecule has 0 atom stereocenters. The standard InChI is InChI=1S/C22H23N3O5/c1-14-6-4-7-18(15(14)2)23-20-19(16-8-10-17(11-9-16)25(28)29)21(26)24(22(20)27)12-5-13-30-3/h4,6-11,23H,5,12-13H2,1-3H3. The average Bonchev–Trinajstić information content (AvgIpc) is 2.95. The number of hydrogen-bond donors (Lipinski definition) is 1. The molecule has 2 aromatic carbocycles. The molecule has 1 aliphatic rings. The number of ether oxygens (including phenoxy) is 1. The van der Waals surface area contributed by atoms with Gasteiger partial charge < -0.3 is 10.1 Å². The number of benzene rings is 2. The second-order valence-corrected chi connectivity index (χ2v) is 7.03. The van der Waals surface area contributed by atoms with Crippen molar-refractivity contribution in [3.05, 3.63) is 75.0 Å². The number of nitrogens with one attached hydrogen (secondary N) is 1. The molecule has 0 aromatic heterocycles. The first-order valence-electron chi connectivity index (χ1n) is 9.52. The molecule has 1 heterocycles. The molecule has 1 aliphatic heterocycles. The predicted octanol–water partition coefficient (Wildman–Crippen LogP) is 3.44. The molecule has 8 heteroatoms. The lowest BCUT2D eigenvalue weighted by Crippen LogP contribution is -2.34. The highest BCUT2D eigenvalue weighted by Gasteiger charge is 2.39. The molecule has 0 spiro atoms. The Balaban J connectivity index is 2.04. The van der Waals surface area contributed by atoms with Crippen LogP contribution in [0.4, 0.5) is 11.4 Å². The molecule has 0 radical (unpaired) electrons. The first-order valence-corrected chi connectivity index (χ1v) is 9.52. The van der Waals surface area contributed by atoms with E-state index >= 15 is 0 Å². The van der Waals surface area contributed by atoms with Gasteiger partial charge in [-0.05, 0) is 55.2 Å². The lowest BCUT2D eigenvalue weighted by atomic mass is 10.0. The average molecular weight is 409 g/mol. The maximum absolute atomic E-state index is 13.1. The van der Waals surface area contributed by atoms with Gasteiger partial charge in [0.15, 0.2) is 0 Å². The number of amides is 2. The van der Waals surface area contributed by atoms with Crippen molar-refractivity contribution >= 4 is 28.8 Å². The van der Waals surface area contributed by atoms with E-state index in [0.717, 1.165) is 16.8 Å². The molecule has 0 saturated heterocycles. The lowest BCUT2D eigenvalue weighted by molar-refractivity contribution is -0.384. The van der Waals surface area contributed by atoms with Crippen LogP contribution < -0.4 is 5.32 Å². The van der Waals surface area contributed by atoms with Crippen molar-refractivity contribution in [3.8, 4) is 0 Å². The molecular formula is C22H23N3O5. The summed E-state index contributed by atoms with van der Waals surface area (Å²) in [5.74, 6) is -0.858. The molecule has 3 rings (SSSR count). The smallest absolute Gasteiger partial charge is 0.278 e. The Hall–Kier alpha value is -3.52. The second kappa shape index (κ2) is 8.87. The number of aryl methyl sites for hydroxylation is 1. The first-order chi connectivity index (χ1) is 14.3. The molecule has 1 N–H and O–H groups in total. The van der Waals surface area contributed by atoms with Crippen molar-refractivity contribution in [2.45, 2.75) is 20.3 Å². The minimum absolute atomic E-state index is 0.0860.